The van der Waals surface area contributed by atoms with Crippen LogP contribution in [-0.2, 0) is 6.42 Å². The van der Waals surface area contributed by atoms with Crippen LogP contribution in [0, 0.1) is 5.82 Å². The molecular formula is C15H18BrFN2O. The second kappa shape index (κ2) is 6.06. The van der Waals surface area contributed by atoms with Gasteiger partial charge >= 0.3 is 0 Å². The topological polar surface area (TPSA) is 38.1 Å². The average molecular weight is 341 g/mol. The van der Waals surface area contributed by atoms with Crippen molar-refractivity contribution >= 4 is 15.9 Å². The predicted octanol–water partition coefficient (Wildman–Crippen LogP) is 4.17. The van der Waals surface area contributed by atoms with Gasteiger partial charge in [0, 0.05) is 18.5 Å². The van der Waals surface area contributed by atoms with Crippen molar-refractivity contribution in [2.45, 2.75) is 32.7 Å². The summed E-state index contributed by atoms with van der Waals surface area (Å²) in [6.07, 6.45) is 2.24. The Hall–Kier alpha value is -1.20. The van der Waals surface area contributed by atoms with Crippen LogP contribution in [-0.4, -0.2) is 17.1 Å². The van der Waals surface area contributed by atoms with Crippen molar-refractivity contribution in [2.75, 3.05) is 6.54 Å². The van der Waals surface area contributed by atoms with Crippen LogP contribution in [0.25, 0.3) is 11.3 Å². The van der Waals surface area contributed by atoms with Gasteiger partial charge in [0.25, 0.3) is 0 Å². The number of hydrogen-bond donors (Lipinski definition) is 1. The van der Waals surface area contributed by atoms with Gasteiger partial charge in [-0.3, -0.25) is 0 Å². The maximum absolute atomic E-state index is 14.0. The molecule has 0 aliphatic heterocycles. The van der Waals surface area contributed by atoms with E-state index >= 15 is 0 Å². The molecule has 1 aromatic carbocycles. The summed E-state index contributed by atoms with van der Waals surface area (Å²) in [6.45, 7) is 7.07. The maximum atomic E-state index is 14.0. The summed E-state index contributed by atoms with van der Waals surface area (Å²) in [5.74, 6) is 0.730. The van der Waals surface area contributed by atoms with Crippen LogP contribution in [0.4, 0.5) is 4.39 Å². The standard InChI is InChI=1S/C15H18BrFN2O/c1-15(2,3)19-8-7-13-18-9-12(20-13)10-5-4-6-11(16)14(10)17/h4-6,9,19H,7-8H2,1-3H3. The highest BCUT2D eigenvalue weighted by Crippen LogP contribution is 2.28. The Kier molecular flexibility index (Phi) is 4.60. The maximum Gasteiger partial charge on any atom is 0.196 e. The first kappa shape index (κ1) is 15.2. The van der Waals surface area contributed by atoms with Crippen molar-refractivity contribution in [3.05, 3.63) is 40.6 Å². The molecule has 0 saturated heterocycles. The second-order valence-corrected chi connectivity index (χ2v) is 6.50. The molecule has 1 N–H and O–H groups in total. The molecule has 5 heteroatoms. The molecule has 20 heavy (non-hydrogen) atoms. The molecule has 0 bridgehead atoms. The van der Waals surface area contributed by atoms with Crippen molar-refractivity contribution in [2.24, 2.45) is 0 Å². The summed E-state index contributed by atoms with van der Waals surface area (Å²) < 4.78 is 20.0. The summed E-state index contributed by atoms with van der Waals surface area (Å²) in [5, 5.41) is 3.36. The van der Waals surface area contributed by atoms with Gasteiger partial charge in [-0.2, -0.15) is 0 Å². The normalized spacial score (nSPS) is 11.8. The Balaban J connectivity index is 2.07. The number of nitrogens with zero attached hydrogens (tertiary/aromatic N) is 1. The molecule has 0 spiro atoms. The van der Waals surface area contributed by atoms with Gasteiger partial charge in [-0.1, -0.05) is 6.07 Å². The first-order chi connectivity index (χ1) is 9.37. The second-order valence-electron chi connectivity index (χ2n) is 5.65. The lowest BCUT2D eigenvalue weighted by Crippen LogP contribution is -2.37. The van der Waals surface area contributed by atoms with Crippen LogP contribution >= 0.6 is 15.9 Å². The molecule has 0 unspecified atom stereocenters. The van der Waals surface area contributed by atoms with Crippen molar-refractivity contribution < 1.29 is 8.81 Å². The summed E-state index contributed by atoms with van der Waals surface area (Å²) in [5.41, 5.74) is 0.480. The first-order valence-corrected chi connectivity index (χ1v) is 7.30. The minimum absolute atomic E-state index is 0.0613. The molecule has 0 fully saturated rings. The lowest BCUT2D eigenvalue weighted by molar-refractivity contribution is 0.411. The van der Waals surface area contributed by atoms with Crippen LogP contribution in [0.2, 0.25) is 0 Å². The highest BCUT2D eigenvalue weighted by Gasteiger charge is 2.14. The summed E-state index contributed by atoms with van der Waals surface area (Å²) in [6, 6.07) is 5.10. The molecule has 0 aliphatic carbocycles. The number of benzene rings is 1. The van der Waals surface area contributed by atoms with Crippen LogP contribution < -0.4 is 5.32 Å². The summed E-state index contributed by atoms with van der Waals surface area (Å²) >= 11 is 3.17. The van der Waals surface area contributed by atoms with E-state index < -0.39 is 0 Å². The zero-order valence-electron chi connectivity index (χ0n) is 11.8. The lowest BCUT2D eigenvalue weighted by Gasteiger charge is -2.19. The fourth-order valence-corrected chi connectivity index (χ4v) is 2.16. The van der Waals surface area contributed by atoms with E-state index in [1.807, 2.05) is 0 Å². The Morgan fingerprint density at radius 2 is 2.10 bits per heavy atom. The van der Waals surface area contributed by atoms with Gasteiger partial charge in [0.05, 0.1) is 16.2 Å². The molecule has 1 heterocycles. The number of hydrogen-bond acceptors (Lipinski definition) is 3. The molecular weight excluding hydrogens is 323 g/mol. The van der Waals surface area contributed by atoms with Crippen LogP contribution in [0.1, 0.15) is 26.7 Å². The number of oxazole rings is 1. The van der Waals surface area contributed by atoms with Gasteiger partial charge in [-0.25, -0.2) is 9.37 Å². The predicted molar refractivity (Wildman–Crippen MR) is 81.1 cm³/mol. The van der Waals surface area contributed by atoms with Crippen LogP contribution in [0.3, 0.4) is 0 Å². The molecule has 0 atom stereocenters. The van der Waals surface area contributed by atoms with Crippen molar-refractivity contribution in [1.29, 1.82) is 0 Å². The van der Waals surface area contributed by atoms with E-state index in [1.165, 1.54) is 0 Å². The smallest absolute Gasteiger partial charge is 0.196 e. The molecule has 108 valence electrons. The molecule has 3 nitrogen and oxygen atoms in total. The molecule has 0 aliphatic rings. The third-order valence-corrected chi connectivity index (χ3v) is 3.38. The molecule has 2 rings (SSSR count). The van der Waals surface area contributed by atoms with Crippen molar-refractivity contribution in [3.63, 3.8) is 0 Å². The Morgan fingerprint density at radius 3 is 2.80 bits per heavy atom. The summed E-state index contributed by atoms with van der Waals surface area (Å²) in [4.78, 5) is 4.19. The summed E-state index contributed by atoms with van der Waals surface area (Å²) in [7, 11) is 0. The Labute approximate surface area is 126 Å². The Bertz CT molecular complexity index is 590. The van der Waals surface area contributed by atoms with Crippen LogP contribution in [0.5, 0.6) is 0 Å². The zero-order chi connectivity index (χ0) is 14.8. The zero-order valence-corrected chi connectivity index (χ0v) is 13.4. The molecule has 2 aromatic rings. The highest BCUT2D eigenvalue weighted by molar-refractivity contribution is 9.10. The average Bonchev–Trinajstić information content (AvgIpc) is 2.79. The minimum atomic E-state index is -0.331. The Morgan fingerprint density at radius 1 is 1.35 bits per heavy atom. The number of halogens is 2. The van der Waals surface area contributed by atoms with E-state index in [1.54, 1.807) is 24.4 Å². The van der Waals surface area contributed by atoms with Crippen molar-refractivity contribution in [1.82, 2.24) is 10.3 Å². The van der Waals surface area contributed by atoms with E-state index in [0.29, 0.717) is 28.1 Å². The van der Waals surface area contributed by atoms with Gasteiger partial charge in [0.2, 0.25) is 0 Å². The molecule has 1 aromatic heterocycles. The quantitative estimate of drug-likeness (QED) is 0.907. The first-order valence-electron chi connectivity index (χ1n) is 6.51. The number of nitrogens with one attached hydrogen (secondary N) is 1. The third kappa shape index (κ3) is 3.90. The largest absolute Gasteiger partial charge is 0.441 e. The molecule has 0 saturated carbocycles. The SMILES string of the molecule is CC(C)(C)NCCc1ncc(-c2cccc(Br)c2F)o1. The van der Waals surface area contributed by atoms with Gasteiger partial charge in [0.1, 0.15) is 5.82 Å². The lowest BCUT2D eigenvalue weighted by atomic mass is 10.1. The van der Waals surface area contributed by atoms with Gasteiger partial charge < -0.3 is 9.73 Å². The van der Waals surface area contributed by atoms with E-state index in [4.69, 9.17) is 4.42 Å². The fraction of sp³-hybridized carbons (Fsp3) is 0.400. The van der Waals surface area contributed by atoms with Gasteiger partial charge in [0.15, 0.2) is 11.7 Å². The molecule has 0 radical (unpaired) electrons. The van der Waals surface area contributed by atoms with E-state index in [2.05, 4.69) is 47.0 Å². The monoisotopic (exact) mass is 340 g/mol. The van der Waals surface area contributed by atoms with Crippen molar-refractivity contribution in [3.8, 4) is 11.3 Å². The minimum Gasteiger partial charge on any atom is -0.441 e. The van der Waals surface area contributed by atoms with Gasteiger partial charge in [-0.15, -0.1) is 0 Å². The third-order valence-electron chi connectivity index (χ3n) is 2.76. The van der Waals surface area contributed by atoms with E-state index in [0.717, 1.165) is 6.54 Å². The van der Waals surface area contributed by atoms with E-state index in [9.17, 15) is 4.39 Å². The number of rotatable bonds is 4. The van der Waals surface area contributed by atoms with Crippen LogP contribution in [0.15, 0.2) is 33.3 Å². The highest BCUT2D eigenvalue weighted by atomic mass is 79.9. The number of aromatic nitrogens is 1. The van der Waals surface area contributed by atoms with Gasteiger partial charge in [-0.05, 0) is 48.8 Å². The van der Waals surface area contributed by atoms with E-state index in [-0.39, 0.29) is 11.4 Å². The molecule has 0 amide bonds. The fourth-order valence-electron chi connectivity index (χ4n) is 1.79.